The van der Waals surface area contributed by atoms with Crippen molar-refractivity contribution in [2.75, 3.05) is 13.6 Å². The van der Waals surface area contributed by atoms with Crippen molar-refractivity contribution in [1.29, 1.82) is 0 Å². The average Bonchev–Trinajstić information content (AvgIpc) is 2.87. The molecule has 23 heavy (non-hydrogen) atoms. The Hall–Kier alpha value is -1.85. The molecule has 6 heteroatoms. The fraction of sp³-hybridized carbons (Fsp3) is 0.706. The van der Waals surface area contributed by atoms with Gasteiger partial charge in [-0.15, -0.1) is 0 Å². The van der Waals surface area contributed by atoms with Crippen molar-refractivity contribution in [2.45, 2.75) is 64.5 Å². The van der Waals surface area contributed by atoms with Crippen LogP contribution in [-0.4, -0.2) is 52.4 Å². The minimum Gasteiger partial charge on any atom is -0.361 e. The second kappa shape index (κ2) is 6.34. The second-order valence-corrected chi connectivity index (χ2v) is 6.59. The molecule has 1 aromatic rings. The summed E-state index contributed by atoms with van der Waals surface area (Å²) in [5.74, 6) is 0.798. The highest BCUT2D eigenvalue weighted by molar-refractivity contribution is 5.96. The minimum absolute atomic E-state index is 0.0121. The summed E-state index contributed by atoms with van der Waals surface area (Å²) in [5, 5.41) is 4.01. The second-order valence-electron chi connectivity index (χ2n) is 6.59. The zero-order valence-electron chi connectivity index (χ0n) is 14.2. The molecule has 2 fully saturated rings. The summed E-state index contributed by atoms with van der Waals surface area (Å²) in [6, 6.07) is 0.236. The molecule has 0 bridgehead atoms. The van der Waals surface area contributed by atoms with Crippen LogP contribution in [-0.2, 0) is 11.2 Å². The number of rotatable bonds is 2. The van der Waals surface area contributed by atoms with Crippen LogP contribution in [0.4, 0.5) is 0 Å². The molecule has 1 aromatic heterocycles. The fourth-order valence-electron chi connectivity index (χ4n) is 3.99. The number of nitrogens with zero attached hydrogens (tertiary/aromatic N) is 3. The van der Waals surface area contributed by atoms with Gasteiger partial charge in [-0.2, -0.15) is 0 Å². The van der Waals surface area contributed by atoms with Crippen molar-refractivity contribution in [3.8, 4) is 0 Å². The van der Waals surface area contributed by atoms with Gasteiger partial charge >= 0.3 is 0 Å². The van der Waals surface area contributed by atoms with E-state index in [0.29, 0.717) is 24.2 Å². The zero-order valence-corrected chi connectivity index (χ0v) is 14.2. The normalized spacial score (nSPS) is 25.3. The Labute approximate surface area is 136 Å². The molecule has 6 nitrogen and oxygen atoms in total. The van der Waals surface area contributed by atoms with Gasteiger partial charge < -0.3 is 14.3 Å². The van der Waals surface area contributed by atoms with Crippen LogP contribution in [0.3, 0.4) is 0 Å². The molecule has 3 rings (SSSR count). The van der Waals surface area contributed by atoms with E-state index in [-0.39, 0.29) is 23.9 Å². The molecular formula is C17H25N3O3. The molecular weight excluding hydrogens is 294 g/mol. The lowest BCUT2D eigenvalue weighted by Crippen LogP contribution is -2.56. The van der Waals surface area contributed by atoms with Crippen molar-refractivity contribution < 1.29 is 14.1 Å². The van der Waals surface area contributed by atoms with Gasteiger partial charge in [0.25, 0.3) is 5.91 Å². The van der Waals surface area contributed by atoms with E-state index in [1.807, 2.05) is 23.8 Å². The van der Waals surface area contributed by atoms with E-state index in [1.54, 1.807) is 6.92 Å². The van der Waals surface area contributed by atoms with E-state index in [2.05, 4.69) is 5.16 Å². The lowest BCUT2D eigenvalue weighted by molar-refractivity contribution is -0.132. The molecule has 126 valence electrons. The highest BCUT2D eigenvalue weighted by Gasteiger charge is 2.40. The molecule has 2 atom stereocenters. The van der Waals surface area contributed by atoms with Gasteiger partial charge in [-0.05, 0) is 39.0 Å². The Morgan fingerprint density at radius 3 is 2.78 bits per heavy atom. The number of likely N-dealkylation sites (tertiary alicyclic amines) is 2. The van der Waals surface area contributed by atoms with Crippen molar-refractivity contribution in [3.05, 3.63) is 17.0 Å². The largest absolute Gasteiger partial charge is 0.361 e. The summed E-state index contributed by atoms with van der Waals surface area (Å²) in [5.41, 5.74) is 1.35. The van der Waals surface area contributed by atoms with Gasteiger partial charge in [0.05, 0.1) is 17.8 Å². The number of likely N-dealkylation sites (N-methyl/N-ethyl adjacent to an activating group) is 1. The highest BCUT2D eigenvalue weighted by atomic mass is 16.5. The predicted molar refractivity (Wildman–Crippen MR) is 85.1 cm³/mol. The summed E-state index contributed by atoms with van der Waals surface area (Å²) in [6.07, 6.45) is 4.89. The van der Waals surface area contributed by atoms with E-state index in [1.165, 1.54) is 0 Å². The SMILES string of the molecule is CCc1noc(C)c1C(=O)N1CCC[C@@H]2[C@H]1CCCC(=O)N2C. The topological polar surface area (TPSA) is 66.7 Å². The fourth-order valence-corrected chi connectivity index (χ4v) is 3.99. The molecule has 0 spiro atoms. The standard InChI is InChI=1S/C17H25N3O3/c1-4-12-16(11(2)23-18-12)17(22)20-10-6-8-13-14(20)7-5-9-15(21)19(13)3/h13-14H,4-10H2,1-3H3/t13-,14-/m1/s1. The predicted octanol–water partition coefficient (Wildman–Crippen LogP) is 2.16. The summed E-state index contributed by atoms with van der Waals surface area (Å²) >= 11 is 0. The van der Waals surface area contributed by atoms with Gasteiger partial charge in [-0.25, -0.2) is 0 Å². The maximum atomic E-state index is 13.1. The Balaban J connectivity index is 1.91. The first kappa shape index (κ1) is 16.0. The van der Waals surface area contributed by atoms with Crippen molar-refractivity contribution in [1.82, 2.24) is 15.0 Å². The van der Waals surface area contributed by atoms with E-state index >= 15 is 0 Å². The van der Waals surface area contributed by atoms with Gasteiger partial charge in [0.15, 0.2) is 0 Å². The van der Waals surface area contributed by atoms with Crippen molar-refractivity contribution in [3.63, 3.8) is 0 Å². The maximum absolute atomic E-state index is 13.1. The van der Waals surface area contributed by atoms with Crippen LogP contribution < -0.4 is 0 Å². The lowest BCUT2D eigenvalue weighted by atomic mass is 9.91. The van der Waals surface area contributed by atoms with Crippen LogP contribution in [0.1, 0.15) is 60.8 Å². The number of carbonyl (C=O) groups excluding carboxylic acids is 2. The maximum Gasteiger partial charge on any atom is 0.259 e. The minimum atomic E-state index is 0.0121. The van der Waals surface area contributed by atoms with E-state index in [4.69, 9.17) is 4.52 Å². The third kappa shape index (κ3) is 2.75. The highest BCUT2D eigenvalue weighted by Crippen LogP contribution is 2.31. The zero-order chi connectivity index (χ0) is 16.6. The third-order valence-corrected chi connectivity index (χ3v) is 5.27. The van der Waals surface area contributed by atoms with E-state index < -0.39 is 0 Å². The number of amides is 2. The van der Waals surface area contributed by atoms with Gasteiger partial charge in [-0.3, -0.25) is 9.59 Å². The Kier molecular flexibility index (Phi) is 4.41. The molecule has 2 amide bonds. The number of carbonyl (C=O) groups is 2. The summed E-state index contributed by atoms with van der Waals surface area (Å²) in [6.45, 7) is 4.52. The first-order valence-corrected chi connectivity index (χ1v) is 8.56. The van der Waals surface area contributed by atoms with Crippen LogP contribution >= 0.6 is 0 Å². The molecule has 0 saturated carbocycles. The van der Waals surface area contributed by atoms with Crippen molar-refractivity contribution >= 4 is 11.8 Å². The van der Waals surface area contributed by atoms with Crippen LogP contribution in [0.25, 0.3) is 0 Å². The average molecular weight is 319 g/mol. The molecule has 0 aromatic carbocycles. The number of hydrogen-bond donors (Lipinski definition) is 0. The van der Waals surface area contributed by atoms with Crippen LogP contribution in [0, 0.1) is 6.92 Å². The number of aromatic nitrogens is 1. The molecule has 2 aliphatic heterocycles. The number of piperidine rings is 1. The van der Waals surface area contributed by atoms with Gasteiger partial charge in [0.1, 0.15) is 11.3 Å². The number of hydrogen-bond acceptors (Lipinski definition) is 4. The summed E-state index contributed by atoms with van der Waals surface area (Å²) in [7, 11) is 1.88. The van der Waals surface area contributed by atoms with Crippen LogP contribution in [0.15, 0.2) is 4.52 Å². The molecule has 0 N–H and O–H groups in total. The van der Waals surface area contributed by atoms with Crippen LogP contribution in [0.5, 0.6) is 0 Å². The third-order valence-electron chi connectivity index (χ3n) is 5.27. The summed E-state index contributed by atoms with van der Waals surface area (Å²) < 4.78 is 5.24. The molecule has 2 aliphatic rings. The summed E-state index contributed by atoms with van der Waals surface area (Å²) in [4.78, 5) is 29.1. The Morgan fingerprint density at radius 2 is 2.04 bits per heavy atom. The smallest absolute Gasteiger partial charge is 0.259 e. The number of fused-ring (bicyclic) bond motifs is 1. The Morgan fingerprint density at radius 1 is 1.30 bits per heavy atom. The van der Waals surface area contributed by atoms with E-state index in [0.717, 1.165) is 37.9 Å². The van der Waals surface area contributed by atoms with Crippen LogP contribution in [0.2, 0.25) is 0 Å². The first-order valence-electron chi connectivity index (χ1n) is 8.56. The molecule has 0 radical (unpaired) electrons. The Bertz CT molecular complexity index is 610. The lowest BCUT2D eigenvalue weighted by Gasteiger charge is -2.43. The van der Waals surface area contributed by atoms with Gasteiger partial charge in [0, 0.05) is 20.0 Å². The number of aryl methyl sites for hydroxylation is 2. The van der Waals surface area contributed by atoms with E-state index in [9.17, 15) is 9.59 Å². The van der Waals surface area contributed by atoms with Gasteiger partial charge in [-0.1, -0.05) is 12.1 Å². The van der Waals surface area contributed by atoms with Gasteiger partial charge in [0.2, 0.25) is 5.91 Å². The first-order chi connectivity index (χ1) is 11.0. The molecule has 0 unspecified atom stereocenters. The molecule has 3 heterocycles. The van der Waals surface area contributed by atoms with Crippen molar-refractivity contribution in [2.24, 2.45) is 0 Å². The molecule has 0 aliphatic carbocycles. The quantitative estimate of drug-likeness (QED) is 0.838. The molecule has 2 saturated heterocycles. The monoisotopic (exact) mass is 319 g/mol.